The third-order valence-corrected chi connectivity index (χ3v) is 4.99. The minimum absolute atomic E-state index is 0.239. The standard InChI is InChI=1S/C24H21N3O4/c1-16-6-5-7-18(14-16)27-23(29)20-8-3-4-9-21(20)26(24(27)30)15-22(28)25-17-10-12-19(31-2)13-11-17/h3-14H,15H2,1-2H3,(H,25,28). The molecule has 1 heterocycles. The second-order valence-electron chi connectivity index (χ2n) is 7.14. The van der Waals surface area contributed by atoms with Crippen molar-refractivity contribution in [1.82, 2.24) is 9.13 Å². The lowest BCUT2D eigenvalue weighted by atomic mass is 10.2. The number of anilines is 1. The van der Waals surface area contributed by atoms with Gasteiger partial charge in [0.1, 0.15) is 12.3 Å². The van der Waals surface area contributed by atoms with Crippen LogP contribution in [0.3, 0.4) is 0 Å². The van der Waals surface area contributed by atoms with Gasteiger partial charge in [-0.05, 0) is 61.0 Å². The van der Waals surface area contributed by atoms with Crippen molar-refractivity contribution in [1.29, 1.82) is 0 Å². The summed E-state index contributed by atoms with van der Waals surface area (Å²) in [5.41, 5.74) is 1.38. The SMILES string of the molecule is COc1ccc(NC(=O)Cn2c(=O)n(-c3cccc(C)c3)c(=O)c3ccccc32)cc1. The Morgan fingerprint density at radius 2 is 1.71 bits per heavy atom. The zero-order chi connectivity index (χ0) is 22.0. The van der Waals surface area contributed by atoms with Gasteiger partial charge in [-0.15, -0.1) is 0 Å². The van der Waals surface area contributed by atoms with Gasteiger partial charge in [-0.3, -0.25) is 14.2 Å². The van der Waals surface area contributed by atoms with Crippen molar-refractivity contribution < 1.29 is 9.53 Å². The summed E-state index contributed by atoms with van der Waals surface area (Å²) in [5, 5.41) is 3.14. The van der Waals surface area contributed by atoms with Crippen molar-refractivity contribution in [2.75, 3.05) is 12.4 Å². The summed E-state index contributed by atoms with van der Waals surface area (Å²) in [7, 11) is 1.56. The average Bonchev–Trinajstić information content (AvgIpc) is 2.77. The molecule has 3 aromatic carbocycles. The second kappa shape index (κ2) is 8.31. The van der Waals surface area contributed by atoms with Gasteiger partial charge in [-0.1, -0.05) is 24.3 Å². The summed E-state index contributed by atoms with van der Waals surface area (Å²) >= 11 is 0. The number of carbonyl (C=O) groups is 1. The fraction of sp³-hybridized carbons (Fsp3) is 0.125. The lowest BCUT2D eigenvalue weighted by molar-refractivity contribution is -0.116. The predicted molar refractivity (Wildman–Crippen MR) is 120 cm³/mol. The number of hydrogen-bond donors (Lipinski definition) is 1. The molecular formula is C24H21N3O4. The Bertz CT molecular complexity index is 1380. The molecule has 1 N–H and O–H groups in total. The van der Waals surface area contributed by atoms with Crippen LogP contribution >= 0.6 is 0 Å². The molecule has 0 aliphatic carbocycles. The number of nitrogens with zero attached hydrogens (tertiary/aromatic N) is 2. The number of rotatable bonds is 5. The van der Waals surface area contributed by atoms with Crippen LogP contribution in [0.2, 0.25) is 0 Å². The highest BCUT2D eigenvalue weighted by molar-refractivity contribution is 5.91. The van der Waals surface area contributed by atoms with E-state index in [0.717, 1.165) is 10.1 Å². The van der Waals surface area contributed by atoms with Crippen LogP contribution in [0.4, 0.5) is 5.69 Å². The van der Waals surface area contributed by atoms with E-state index in [1.807, 2.05) is 13.0 Å². The molecule has 4 rings (SSSR count). The van der Waals surface area contributed by atoms with Gasteiger partial charge in [0, 0.05) is 5.69 Å². The molecule has 0 radical (unpaired) electrons. The fourth-order valence-electron chi connectivity index (χ4n) is 3.49. The molecule has 0 aliphatic heterocycles. The molecule has 1 aromatic heterocycles. The predicted octanol–water partition coefficient (Wildman–Crippen LogP) is 3.11. The van der Waals surface area contributed by atoms with Gasteiger partial charge in [0.05, 0.1) is 23.7 Å². The van der Waals surface area contributed by atoms with Gasteiger partial charge in [0.25, 0.3) is 5.56 Å². The number of para-hydroxylation sites is 1. The maximum absolute atomic E-state index is 13.3. The van der Waals surface area contributed by atoms with E-state index >= 15 is 0 Å². The molecule has 0 atom stereocenters. The summed E-state index contributed by atoms with van der Waals surface area (Å²) in [4.78, 5) is 39.1. The van der Waals surface area contributed by atoms with Crippen molar-refractivity contribution in [3.63, 3.8) is 0 Å². The van der Waals surface area contributed by atoms with E-state index in [9.17, 15) is 14.4 Å². The van der Waals surface area contributed by atoms with E-state index < -0.39 is 11.2 Å². The molecule has 7 heteroatoms. The Kier molecular flexibility index (Phi) is 5.41. The zero-order valence-electron chi connectivity index (χ0n) is 17.2. The largest absolute Gasteiger partial charge is 0.497 e. The maximum Gasteiger partial charge on any atom is 0.336 e. The summed E-state index contributed by atoms with van der Waals surface area (Å²) < 4.78 is 7.54. The Balaban J connectivity index is 1.78. The van der Waals surface area contributed by atoms with Crippen LogP contribution < -0.4 is 21.3 Å². The molecular weight excluding hydrogens is 394 g/mol. The van der Waals surface area contributed by atoms with Crippen LogP contribution in [0.25, 0.3) is 16.6 Å². The molecule has 0 aliphatic rings. The summed E-state index contributed by atoms with van der Waals surface area (Å²) in [5.74, 6) is 0.289. The van der Waals surface area contributed by atoms with Crippen LogP contribution in [0, 0.1) is 6.92 Å². The van der Waals surface area contributed by atoms with Crippen molar-refractivity contribution in [2.45, 2.75) is 13.5 Å². The summed E-state index contributed by atoms with van der Waals surface area (Å²) in [6.45, 7) is 1.65. The van der Waals surface area contributed by atoms with Crippen LogP contribution in [0.1, 0.15) is 5.56 Å². The van der Waals surface area contributed by atoms with E-state index in [2.05, 4.69) is 5.32 Å². The van der Waals surface area contributed by atoms with E-state index in [1.165, 1.54) is 4.57 Å². The van der Waals surface area contributed by atoms with Crippen LogP contribution in [0.15, 0.2) is 82.4 Å². The molecule has 156 valence electrons. The summed E-state index contributed by atoms with van der Waals surface area (Å²) in [6.07, 6.45) is 0. The van der Waals surface area contributed by atoms with Crippen LogP contribution in [-0.4, -0.2) is 22.2 Å². The maximum atomic E-state index is 13.3. The topological polar surface area (TPSA) is 82.3 Å². The number of nitrogens with one attached hydrogen (secondary N) is 1. The molecule has 0 bridgehead atoms. The molecule has 31 heavy (non-hydrogen) atoms. The Morgan fingerprint density at radius 1 is 0.968 bits per heavy atom. The van der Waals surface area contributed by atoms with Gasteiger partial charge in [-0.25, -0.2) is 9.36 Å². The number of amides is 1. The first kappa shape index (κ1) is 20.2. The lowest BCUT2D eigenvalue weighted by Gasteiger charge is -2.14. The smallest absolute Gasteiger partial charge is 0.336 e. The van der Waals surface area contributed by atoms with Crippen molar-refractivity contribution in [3.8, 4) is 11.4 Å². The molecule has 0 saturated carbocycles. The highest BCUT2D eigenvalue weighted by atomic mass is 16.5. The van der Waals surface area contributed by atoms with E-state index in [0.29, 0.717) is 28.0 Å². The summed E-state index contributed by atoms with van der Waals surface area (Å²) in [6, 6.07) is 20.8. The first-order valence-corrected chi connectivity index (χ1v) is 9.73. The number of carbonyl (C=O) groups excluding carboxylic acids is 1. The highest BCUT2D eigenvalue weighted by Crippen LogP contribution is 2.16. The monoisotopic (exact) mass is 415 g/mol. The van der Waals surface area contributed by atoms with Crippen LogP contribution in [0.5, 0.6) is 5.75 Å². The normalized spacial score (nSPS) is 10.8. The van der Waals surface area contributed by atoms with Crippen molar-refractivity contribution in [2.24, 2.45) is 0 Å². The van der Waals surface area contributed by atoms with Gasteiger partial charge in [0.15, 0.2) is 0 Å². The van der Waals surface area contributed by atoms with Gasteiger partial charge in [0.2, 0.25) is 5.91 Å². The number of aromatic nitrogens is 2. The van der Waals surface area contributed by atoms with Crippen molar-refractivity contribution in [3.05, 3.63) is 99.2 Å². The van der Waals surface area contributed by atoms with E-state index in [4.69, 9.17) is 4.74 Å². The number of aryl methyl sites for hydroxylation is 1. The van der Waals surface area contributed by atoms with E-state index in [1.54, 1.807) is 73.8 Å². The Labute approximate surface area is 178 Å². The number of fused-ring (bicyclic) bond motifs is 1. The Hall–Kier alpha value is -4.13. The number of hydrogen-bond acceptors (Lipinski definition) is 4. The third kappa shape index (κ3) is 3.98. The zero-order valence-corrected chi connectivity index (χ0v) is 17.2. The first-order valence-electron chi connectivity index (χ1n) is 9.73. The number of benzene rings is 3. The van der Waals surface area contributed by atoms with Crippen molar-refractivity contribution >= 4 is 22.5 Å². The lowest BCUT2D eigenvalue weighted by Crippen LogP contribution is -2.40. The molecule has 0 spiro atoms. The van der Waals surface area contributed by atoms with Gasteiger partial charge >= 0.3 is 5.69 Å². The minimum Gasteiger partial charge on any atom is -0.497 e. The van der Waals surface area contributed by atoms with Crippen LogP contribution in [-0.2, 0) is 11.3 Å². The Morgan fingerprint density at radius 3 is 2.42 bits per heavy atom. The fourth-order valence-corrected chi connectivity index (χ4v) is 3.49. The number of methoxy groups -OCH3 is 1. The molecule has 7 nitrogen and oxygen atoms in total. The second-order valence-corrected chi connectivity index (χ2v) is 7.14. The first-order chi connectivity index (χ1) is 15.0. The molecule has 0 unspecified atom stereocenters. The van der Waals surface area contributed by atoms with Gasteiger partial charge < -0.3 is 10.1 Å². The number of ether oxygens (including phenoxy) is 1. The molecule has 0 saturated heterocycles. The average molecular weight is 415 g/mol. The van der Waals surface area contributed by atoms with Gasteiger partial charge in [-0.2, -0.15) is 0 Å². The third-order valence-electron chi connectivity index (χ3n) is 4.99. The minimum atomic E-state index is -0.570. The quantitative estimate of drug-likeness (QED) is 0.543. The molecule has 0 fully saturated rings. The highest BCUT2D eigenvalue weighted by Gasteiger charge is 2.16. The molecule has 4 aromatic rings. The van der Waals surface area contributed by atoms with E-state index in [-0.39, 0.29) is 12.5 Å². The molecule has 1 amide bonds.